The van der Waals surface area contributed by atoms with Crippen LogP contribution in [0, 0.1) is 28.6 Å². The van der Waals surface area contributed by atoms with Gasteiger partial charge in [0.15, 0.2) is 5.78 Å². The van der Waals surface area contributed by atoms with E-state index in [1.54, 1.807) is 6.92 Å². The molecule has 0 radical (unpaired) electrons. The van der Waals surface area contributed by atoms with Gasteiger partial charge in [0.2, 0.25) is 0 Å². The van der Waals surface area contributed by atoms with Crippen LogP contribution >= 0.6 is 0 Å². The molecule has 3 rings (SSSR count). The maximum atomic E-state index is 11.8. The lowest BCUT2D eigenvalue weighted by molar-refractivity contribution is -0.128. The quantitative estimate of drug-likeness (QED) is 0.660. The van der Waals surface area contributed by atoms with Crippen LogP contribution in [-0.4, -0.2) is 23.3 Å². The number of nitriles is 1. The second-order valence-electron chi connectivity index (χ2n) is 6.20. The van der Waals surface area contributed by atoms with Gasteiger partial charge < -0.3 is 4.74 Å². The summed E-state index contributed by atoms with van der Waals surface area (Å²) in [6.07, 6.45) is 2.10. The van der Waals surface area contributed by atoms with Gasteiger partial charge in [-0.3, -0.25) is 9.59 Å². The second kappa shape index (κ2) is 3.42. The Kier molecular flexibility index (Phi) is 2.25. The highest BCUT2D eigenvalue weighted by molar-refractivity contribution is 5.89. The Morgan fingerprint density at radius 3 is 2.89 bits per heavy atom. The summed E-state index contributed by atoms with van der Waals surface area (Å²) < 4.78 is 5.74. The topological polar surface area (TPSA) is 70.5 Å². The Labute approximate surface area is 106 Å². The number of ketones is 2. The summed E-state index contributed by atoms with van der Waals surface area (Å²) in [5, 5.41) is 9.39. The first-order chi connectivity index (χ1) is 8.44. The van der Waals surface area contributed by atoms with Gasteiger partial charge >= 0.3 is 0 Å². The Morgan fingerprint density at radius 1 is 1.56 bits per heavy atom. The smallest absolute Gasteiger partial charge is 0.164 e. The van der Waals surface area contributed by atoms with Crippen molar-refractivity contribution in [2.75, 3.05) is 0 Å². The molecule has 3 fully saturated rings. The van der Waals surface area contributed by atoms with Gasteiger partial charge in [-0.1, -0.05) is 6.92 Å². The normalized spacial score (nSPS) is 49.8. The molecule has 5 atom stereocenters. The first kappa shape index (κ1) is 11.9. The minimum atomic E-state index is -0.517. The van der Waals surface area contributed by atoms with E-state index in [1.165, 1.54) is 0 Å². The zero-order valence-corrected chi connectivity index (χ0v) is 10.7. The van der Waals surface area contributed by atoms with E-state index in [0.29, 0.717) is 25.7 Å². The van der Waals surface area contributed by atoms with Crippen molar-refractivity contribution in [1.29, 1.82) is 5.26 Å². The third kappa shape index (κ3) is 1.23. The van der Waals surface area contributed by atoms with Crippen LogP contribution in [-0.2, 0) is 14.3 Å². The number of epoxide rings is 1. The van der Waals surface area contributed by atoms with Gasteiger partial charge in [-0.2, -0.15) is 5.26 Å². The first-order valence-electron chi connectivity index (χ1n) is 6.55. The predicted molar refractivity (Wildman–Crippen MR) is 62.5 cm³/mol. The van der Waals surface area contributed by atoms with Crippen LogP contribution in [0.3, 0.4) is 0 Å². The van der Waals surface area contributed by atoms with Crippen molar-refractivity contribution in [2.45, 2.75) is 51.2 Å². The monoisotopic (exact) mass is 247 g/mol. The molecule has 0 unspecified atom stereocenters. The lowest BCUT2D eigenvalue weighted by atomic mass is 9.53. The van der Waals surface area contributed by atoms with E-state index in [9.17, 15) is 14.9 Å². The van der Waals surface area contributed by atoms with Crippen LogP contribution in [0.5, 0.6) is 0 Å². The first-order valence-corrected chi connectivity index (χ1v) is 6.55. The maximum absolute atomic E-state index is 11.8. The molecular formula is C14H17NO3. The summed E-state index contributed by atoms with van der Waals surface area (Å²) in [5.41, 5.74) is -0.774. The van der Waals surface area contributed by atoms with E-state index < -0.39 is 5.60 Å². The molecule has 4 heteroatoms. The lowest BCUT2D eigenvalue weighted by Crippen LogP contribution is -2.53. The lowest BCUT2D eigenvalue weighted by Gasteiger charge is -2.47. The Bertz CT molecular complexity index is 480. The molecule has 0 amide bonds. The average Bonchev–Trinajstić information content (AvgIpc) is 3.06. The van der Waals surface area contributed by atoms with E-state index in [2.05, 4.69) is 13.0 Å². The predicted octanol–water partition coefficient (Wildman–Crippen LogP) is 1.63. The number of Topliss-reactive ketones (excluding diaryl/α,β-unsaturated/α-hetero) is 2. The molecule has 2 saturated carbocycles. The van der Waals surface area contributed by atoms with Crippen LogP contribution in [0.25, 0.3) is 0 Å². The summed E-state index contributed by atoms with van der Waals surface area (Å²) >= 11 is 0. The van der Waals surface area contributed by atoms with Crippen molar-refractivity contribution in [3.63, 3.8) is 0 Å². The molecule has 4 nitrogen and oxygen atoms in total. The molecule has 1 aliphatic heterocycles. The van der Waals surface area contributed by atoms with E-state index in [4.69, 9.17) is 4.74 Å². The molecule has 0 bridgehead atoms. The van der Waals surface area contributed by atoms with Crippen LogP contribution in [0.4, 0.5) is 0 Å². The van der Waals surface area contributed by atoms with Gasteiger partial charge in [-0.05, 0) is 26.2 Å². The summed E-state index contributed by atoms with van der Waals surface area (Å²) in [5.74, 6) is -0.0517. The molecular weight excluding hydrogens is 230 g/mol. The largest absolute Gasteiger partial charge is 0.357 e. The van der Waals surface area contributed by atoms with Gasteiger partial charge in [0, 0.05) is 17.8 Å². The van der Waals surface area contributed by atoms with Crippen molar-refractivity contribution in [3.8, 4) is 6.07 Å². The van der Waals surface area contributed by atoms with Crippen molar-refractivity contribution in [1.82, 2.24) is 0 Å². The second-order valence-corrected chi connectivity index (χ2v) is 6.20. The van der Waals surface area contributed by atoms with Gasteiger partial charge in [0.05, 0.1) is 12.0 Å². The fraction of sp³-hybridized carbons (Fsp3) is 0.786. The minimum absolute atomic E-state index is 0.110. The molecule has 0 aromatic heterocycles. The number of carbonyl (C=O) groups excluding carboxylic acids is 2. The number of nitrogens with zero attached hydrogens (tertiary/aromatic N) is 1. The average molecular weight is 247 g/mol. The maximum Gasteiger partial charge on any atom is 0.164 e. The van der Waals surface area contributed by atoms with E-state index >= 15 is 0 Å². The van der Waals surface area contributed by atoms with E-state index in [0.717, 1.165) is 0 Å². The summed E-state index contributed by atoms with van der Waals surface area (Å²) in [6.45, 7) is 3.63. The minimum Gasteiger partial charge on any atom is -0.357 e. The SMILES string of the molecule is CC(=O)[C@H]1C[C@H](C#N)[C@@]2(C)CCC(=O)[C@H]3O[C@@]32C1. The number of rotatable bonds is 1. The Hall–Kier alpha value is -1.21. The highest BCUT2D eigenvalue weighted by atomic mass is 16.6. The summed E-state index contributed by atoms with van der Waals surface area (Å²) in [6, 6.07) is 2.35. The van der Waals surface area contributed by atoms with Crippen LogP contribution in [0.1, 0.15) is 39.5 Å². The molecule has 0 N–H and O–H groups in total. The van der Waals surface area contributed by atoms with Crippen molar-refractivity contribution < 1.29 is 14.3 Å². The molecule has 0 aromatic carbocycles. The third-order valence-corrected chi connectivity index (χ3v) is 5.41. The zero-order valence-electron chi connectivity index (χ0n) is 10.7. The van der Waals surface area contributed by atoms with Gasteiger partial charge in [0.1, 0.15) is 17.5 Å². The molecule has 3 aliphatic rings. The van der Waals surface area contributed by atoms with Crippen LogP contribution < -0.4 is 0 Å². The van der Waals surface area contributed by atoms with Gasteiger partial charge in [-0.15, -0.1) is 0 Å². The number of ether oxygens (including phenoxy) is 1. The number of hydrogen-bond acceptors (Lipinski definition) is 4. The fourth-order valence-corrected chi connectivity index (χ4v) is 4.02. The molecule has 1 spiro atoms. The number of carbonyl (C=O) groups is 2. The third-order valence-electron chi connectivity index (χ3n) is 5.41. The van der Waals surface area contributed by atoms with Crippen LogP contribution in [0.15, 0.2) is 0 Å². The molecule has 96 valence electrons. The Balaban J connectivity index is 2.00. The Morgan fingerprint density at radius 2 is 2.28 bits per heavy atom. The molecule has 18 heavy (non-hydrogen) atoms. The highest BCUT2D eigenvalue weighted by Gasteiger charge is 2.75. The van der Waals surface area contributed by atoms with Gasteiger partial charge in [-0.25, -0.2) is 0 Å². The van der Waals surface area contributed by atoms with Crippen molar-refractivity contribution in [2.24, 2.45) is 17.3 Å². The van der Waals surface area contributed by atoms with E-state index in [-0.39, 0.29) is 34.9 Å². The number of hydrogen-bond donors (Lipinski definition) is 0. The standard InChI is InChI=1S/C14H17NO3/c1-8(16)9-5-10(7-15)13(2)4-3-11(17)12-14(13,6-9)18-12/h9-10,12H,3-6H2,1-2H3/t9-,10+,12+,13+,14-/m0/s1. The molecule has 2 aliphatic carbocycles. The van der Waals surface area contributed by atoms with Gasteiger partial charge in [0.25, 0.3) is 0 Å². The highest BCUT2D eigenvalue weighted by Crippen LogP contribution is 2.66. The summed E-state index contributed by atoms with van der Waals surface area (Å²) in [4.78, 5) is 23.4. The fourth-order valence-electron chi connectivity index (χ4n) is 4.02. The molecule has 0 aromatic rings. The van der Waals surface area contributed by atoms with E-state index in [1.807, 2.05) is 0 Å². The van der Waals surface area contributed by atoms with Crippen LogP contribution in [0.2, 0.25) is 0 Å². The molecule has 1 heterocycles. The zero-order chi connectivity index (χ0) is 13.1. The molecule has 1 saturated heterocycles. The summed E-state index contributed by atoms with van der Waals surface area (Å²) in [7, 11) is 0. The van der Waals surface area contributed by atoms with Crippen molar-refractivity contribution >= 4 is 11.6 Å². The van der Waals surface area contributed by atoms with Crippen molar-refractivity contribution in [3.05, 3.63) is 0 Å².